The monoisotopic (exact) mass is 337 g/mol. The molecule has 2 saturated heterocycles. The van der Waals surface area contributed by atoms with Crippen molar-refractivity contribution in [3.05, 3.63) is 18.3 Å². The molecule has 1 N–H and O–H groups in total. The molecule has 4 rings (SSSR count). The average Bonchev–Trinajstić information content (AvgIpc) is 3.14. The Morgan fingerprint density at radius 3 is 2.78 bits per heavy atom. The molecule has 2 aromatic rings. The van der Waals surface area contributed by atoms with Crippen molar-refractivity contribution in [1.82, 2.24) is 25.4 Å². The molecule has 7 nitrogen and oxygen atoms in total. The Balaban J connectivity index is 0.00000156. The third kappa shape index (κ3) is 3.45. The highest BCUT2D eigenvalue weighted by atomic mass is 35.5. The van der Waals surface area contributed by atoms with Crippen LogP contribution in [0.3, 0.4) is 0 Å². The molecule has 0 radical (unpaired) electrons. The van der Waals surface area contributed by atoms with Crippen LogP contribution in [0.15, 0.2) is 16.9 Å². The SMILES string of the molecule is COc1cc(-c2noc(CC3CC4CCC(C3)N4)n2)ncn1.Cl. The first-order valence-corrected chi connectivity index (χ1v) is 7.75. The fourth-order valence-electron chi connectivity index (χ4n) is 3.60. The summed E-state index contributed by atoms with van der Waals surface area (Å²) in [7, 11) is 1.57. The third-order valence-electron chi connectivity index (χ3n) is 4.58. The standard InChI is InChI=1S/C15H19N5O2.ClH/c1-21-13-7-12(16-8-17-13)15-19-14(22-20-15)6-9-4-10-2-3-11(5-9)18-10;/h7-11,18H,2-6H2,1H3;1H. The first kappa shape index (κ1) is 16.1. The lowest BCUT2D eigenvalue weighted by Crippen LogP contribution is -2.38. The van der Waals surface area contributed by atoms with Gasteiger partial charge in [0.05, 0.1) is 7.11 Å². The first-order valence-electron chi connectivity index (χ1n) is 7.75. The fraction of sp³-hybridized carbons (Fsp3) is 0.600. The minimum atomic E-state index is 0. The second kappa shape index (κ2) is 6.80. The molecule has 2 bridgehead atoms. The molecule has 2 atom stereocenters. The number of piperidine rings is 1. The summed E-state index contributed by atoms with van der Waals surface area (Å²) in [5.74, 6) is 2.31. The zero-order chi connectivity index (χ0) is 14.9. The van der Waals surface area contributed by atoms with Gasteiger partial charge in [-0.05, 0) is 31.6 Å². The molecule has 2 unspecified atom stereocenters. The van der Waals surface area contributed by atoms with Crippen molar-refractivity contribution in [2.24, 2.45) is 5.92 Å². The zero-order valence-electron chi connectivity index (χ0n) is 12.9. The van der Waals surface area contributed by atoms with Crippen LogP contribution >= 0.6 is 12.4 Å². The van der Waals surface area contributed by atoms with E-state index >= 15 is 0 Å². The Morgan fingerprint density at radius 1 is 1.26 bits per heavy atom. The first-order chi connectivity index (χ1) is 10.8. The third-order valence-corrected chi connectivity index (χ3v) is 4.58. The highest BCUT2D eigenvalue weighted by molar-refractivity contribution is 5.85. The van der Waals surface area contributed by atoms with Gasteiger partial charge in [-0.1, -0.05) is 5.16 Å². The lowest BCUT2D eigenvalue weighted by molar-refractivity contribution is 0.270. The second-order valence-electron chi connectivity index (χ2n) is 6.14. The lowest BCUT2D eigenvalue weighted by atomic mass is 9.90. The number of hydrogen-bond acceptors (Lipinski definition) is 7. The van der Waals surface area contributed by atoms with Gasteiger partial charge in [-0.25, -0.2) is 9.97 Å². The van der Waals surface area contributed by atoms with E-state index in [0.717, 1.165) is 6.42 Å². The van der Waals surface area contributed by atoms with Gasteiger partial charge < -0.3 is 14.6 Å². The van der Waals surface area contributed by atoms with E-state index in [9.17, 15) is 0 Å². The molecular weight excluding hydrogens is 318 g/mol. The number of aromatic nitrogens is 4. The number of hydrogen-bond donors (Lipinski definition) is 1. The molecule has 0 saturated carbocycles. The summed E-state index contributed by atoms with van der Waals surface area (Å²) >= 11 is 0. The molecular formula is C15H20ClN5O2. The minimum Gasteiger partial charge on any atom is -0.481 e. The highest BCUT2D eigenvalue weighted by Gasteiger charge is 2.34. The van der Waals surface area contributed by atoms with Gasteiger partial charge in [0.1, 0.15) is 12.0 Å². The summed E-state index contributed by atoms with van der Waals surface area (Å²) in [5.41, 5.74) is 0.618. The average molecular weight is 338 g/mol. The van der Waals surface area contributed by atoms with Gasteiger partial charge in [0.15, 0.2) is 0 Å². The van der Waals surface area contributed by atoms with Crippen LogP contribution in [0.4, 0.5) is 0 Å². The number of rotatable bonds is 4. The highest BCUT2D eigenvalue weighted by Crippen LogP contribution is 2.32. The fourth-order valence-corrected chi connectivity index (χ4v) is 3.60. The molecule has 0 aliphatic carbocycles. The van der Waals surface area contributed by atoms with Crippen LogP contribution < -0.4 is 10.1 Å². The molecule has 0 aromatic carbocycles. The molecule has 2 fully saturated rings. The maximum atomic E-state index is 5.40. The molecule has 2 aliphatic heterocycles. The van der Waals surface area contributed by atoms with Gasteiger partial charge in [0, 0.05) is 24.6 Å². The Bertz CT molecular complexity index is 653. The van der Waals surface area contributed by atoms with E-state index in [2.05, 4.69) is 25.4 Å². The normalized spacial score (nSPS) is 25.9. The van der Waals surface area contributed by atoms with Crippen LogP contribution in [0.25, 0.3) is 11.5 Å². The van der Waals surface area contributed by atoms with Crippen molar-refractivity contribution in [2.45, 2.75) is 44.2 Å². The topological polar surface area (TPSA) is 86.0 Å². The molecule has 0 spiro atoms. The van der Waals surface area contributed by atoms with Crippen molar-refractivity contribution < 1.29 is 9.26 Å². The van der Waals surface area contributed by atoms with Crippen molar-refractivity contribution in [3.63, 3.8) is 0 Å². The molecule has 124 valence electrons. The molecule has 23 heavy (non-hydrogen) atoms. The lowest BCUT2D eigenvalue weighted by Gasteiger charge is -2.27. The maximum absolute atomic E-state index is 5.40. The summed E-state index contributed by atoms with van der Waals surface area (Å²) in [6.07, 6.45) is 7.30. The van der Waals surface area contributed by atoms with Gasteiger partial charge in [-0.3, -0.25) is 0 Å². The predicted molar refractivity (Wildman–Crippen MR) is 85.5 cm³/mol. The summed E-state index contributed by atoms with van der Waals surface area (Å²) in [6, 6.07) is 3.06. The van der Waals surface area contributed by atoms with Gasteiger partial charge in [-0.15, -0.1) is 12.4 Å². The Labute approximate surface area is 140 Å². The Hall–Kier alpha value is -1.73. The molecule has 2 aliphatic rings. The Morgan fingerprint density at radius 2 is 2.04 bits per heavy atom. The smallest absolute Gasteiger partial charge is 0.227 e. The molecule has 0 amide bonds. The summed E-state index contributed by atoms with van der Waals surface area (Å²) in [5, 5.41) is 7.69. The maximum Gasteiger partial charge on any atom is 0.227 e. The van der Waals surface area contributed by atoms with Crippen molar-refractivity contribution in [2.75, 3.05) is 7.11 Å². The number of halogens is 1. The van der Waals surface area contributed by atoms with Crippen molar-refractivity contribution in [3.8, 4) is 17.4 Å². The number of nitrogens with zero attached hydrogens (tertiary/aromatic N) is 4. The number of nitrogens with one attached hydrogen (secondary N) is 1. The number of methoxy groups -OCH3 is 1. The van der Waals surface area contributed by atoms with Crippen LogP contribution in [0, 0.1) is 5.92 Å². The van der Waals surface area contributed by atoms with Gasteiger partial charge in [-0.2, -0.15) is 4.98 Å². The predicted octanol–water partition coefficient (Wildman–Crippen LogP) is 2.03. The van der Waals surface area contributed by atoms with Gasteiger partial charge in [0.25, 0.3) is 0 Å². The zero-order valence-corrected chi connectivity index (χ0v) is 13.8. The second-order valence-corrected chi connectivity index (χ2v) is 6.14. The van der Waals surface area contributed by atoms with Crippen molar-refractivity contribution >= 4 is 12.4 Å². The van der Waals surface area contributed by atoms with Crippen LogP contribution in [-0.4, -0.2) is 39.3 Å². The largest absolute Gasteiger partial charge is 0.481 e. The summed E-state index contributed by atoms with van der Waals surface area (Å²) < 4.78 is 10.5. The molecule has 2 aromatic heterocycles. The van der Waals surface area contributed by atoms with E-state index in [-0.39, 0.29) is 12.4 Å². The minimum absolute atomic E-state index is 0. The molecule has 4 heterocycles. The summed E-state index contributed by atoms with van der Waals surface area (Å²) in [4.78, 5) is 12.6. The number of ether oxygens (including phenoxy) is 1. The van der Waals surface area contributed by atoms with E-state index in [1.807, 2.05) is 0 Å². The quantitative estimate of drug-likeness (QED) is 0.913. The van der Waals surface area contributed by atoms with Gasteiger partial charge in [0.2, 0.25) is 17.6 Å². The molecule has 8 heteroatoms. The van der Waals surface area contributed by atoms with Crippen LogP contribution in [0.2, 0.25) is 0 Å². The van der Waals surface area contributed by atoms with Crippen LogP contribution in [-0.2, 0) is 6.42 Å². The van der Waals surface area contributed by atoms with E-state index in [1.165, 1.54) is 32.0 Å². The number of fused-ring (bicyclic) bond motifs is 2. The summed E-state index contributed by atoms with van der Waals surface area (Å²) in [6.45, 7) is 0. The Kier molecular flexibility index (Phi) is 4.77. The van der Waals surface area contributed by atoms with Crippen LogP contribution in [0.1, 0.15) is 31.6 Å². The van der Waals surface area contributed by atoms with E-state index < -0.39 is 0 Å². The van der Waals surface area contributed by atoms with Gasteiger partial charge >= 0.3 is 0 Å². The van der Waals surface area contributed by atoms with E-state index in [1.54, 1.807) is 13.2 Å². The van der Waals surface area contributed by atoms with E-state index in [0.29, 0.717) is 41.3 Å². The van der Waals surface area contributed by atoms with Crippen molar-refractivity contribution in [1.29, 1.82) is 0 Å². The van der Waals surface area contributed by atoms with Crippen LogP contribution in [0.5, 0.6) is 5.88 Å². The van der Waals surface area contributed by atoms with E-state index in [4.69, 9.17) is 9.26 Å².